The molecule has 0 aliphatic carbocycles. The Bertz CT molecular complexity index is 705. The Balaban J connectivity index is 0.00000205. The van der Waals surface area contributed by atoms with Crippen LogP contribution >= 0.6 is 12.4 Å². The number of carbonyl (C=O) groups is 4. The third-order valence-corrected chi connectivity index (χ3v) is 6.99. The van der Waals surface area contributed by atoms with Crippen LogP contribution in [-0.2, 0) is 23.9 Å². The molecule has 5 rings (SSSR count). The van der Waals surface area contributed by atoms with E-state index in [1.54, 1.807) is 4.90 Å². The van der Waals surface area contributed by atoms with Crippen LogP contribution in [0.5, 0.6) is 0 Å². The molecule has 5 aliphatic rings. The molecule has 5 heterocycles. The van der Waals surface area contributed by atoms with Gasteiger partial charge in [-0.25, -0.2) is 0 Å². The molecule has 4 amide bonds. The number of ether oxygens (including phenoxy) is 1. The molecule has 0 aromatic carbocycles. The minimum atomic E-state index is -0.397. The average molecular weight is 427 g/mol. The van der Waals surface area contributed by atoms with Crippen LogP contribution in [-0.4, -0.2) is 95.8 Å². The molecule has 5 unspecified atom stereocenters. The first-order chi connectivity index (χ1) is 13.5. The fourth-order valence-corrected chi connectivity index (χ4v) is 5.61. The molecule has 29 heavy (non-hydrogen) atoms. The topological polar surface area (TPSA) is 99.3 Å². The van der Waals surface area contributed by atoms with E-state index >= 15 is 0 Å². The first-order valence-electron chi connectivity index (χ1n) is 10.3. The molecule has 5 aliphatic heterocycles. The predicted molar refractivity (Wildman–Crippen MR) is 103 cm³/mol. The molecule has 2 bridgehead atoms. The van der Waals surface area contributed by atoms with Crippen molar-refractivity contribution in [2.24, 2.45) is 11.8 Å². The summed E-state index contributed by atoms with van der Waals surface area (Å²) in [4.78, 5) is 55.3. The fourth-order valence-electron chi connectivity index (χ4n) is 5.61. The zero-order valence-corrected chi connectivity index (χ0v) is 17.1. The smallest absolute Gasteiger partial charge is 0.242 e. The van der Waals surface area contributed by atoms with Crippen molar-refractivity contribution in [3.63, 3.8) is 0 Å². The van der Waals surface area contributed by atoms with E-state index in [2.05, 4.69) is 5.32 Å². The summed E-state index contributed by atoms with van der Waals surface area (Å²) in [5, 5.41) is 3.06. The molecule has 0 spiro atoms. The molecule has 5 saturated heterocycles. The van der Waals surface area contributed by atoms with Crippen LogP contribution in [0.15, 0.2) is 0 Å². The highest BCUT2D eigenvalue weighted by molar-refractivity contribution is 6.08. The summed E-state index contributed by atoms with van der Waals surface area (Å²) in [6.45, 7) is 2.65. The van der Waals surface area contributed by atoms with Crippen molar-refractivity contribution in [1.29, 1.82) is 0 Å². The van der Waals surface area contributed by atoms with Gasteiger partial charge in [-0.15, -0.1) is 12.4 Å². The molecule has 5 fully saturated rings. The van der Waals surface area contributed by atoms with Gasteiger partial charge in [0.1, 0.15) is 6.54 Å². The van der Waals surface area contributed by atoms with Crippen molar-refractivity contribution in [2.45, 2.75) is 43.9 Å². The van der Waals surface area contributed by atoms with Gasteiger partial charge in [0.25, 0.3) is 0 Å². The minimum Gasteiger partial charge on any atom is -0.373 e. The Morgan fingerprint density at radius 2 is 1.72 bits per heavy atom. The highest BCUT2D eigenvalue weighted by Gasteiger charge is 2.62. The Labute approximate surface area is 175 Å². The van der Waals surface area contributed by atoms with Gasteiger partial charge in [-0.2, -0.15) is 0 Å². The van der Waals surface area contributed by atoms with E-state index in [0.29, 0.717) is 26.2 Å². The maximum atomic E-state index is 12.9. The molecule has 0 radical (unpaired) electrons. The van der Waals surface area contributed by atoms with E-state index < -0.39 is 11.8 Å². The Hall–Kier alpha value is -1.71. The van der Waals surface area contributed by atoms with E-state index in [4.69, 9.17) is 4.74 Å². The number of halogens is 1. The van der Waals surface area contributed by atoms with Crippen molar-refractivity contribution in [2.75, 3.05) is 39.3 Å². The lowest BCUT2D eigenvalue weighted by molar-refractivity contribution is -0.149. The molecular formula is C19H27ClN4O5. The molecule has 160 valence electrons. The number of nitrogens with one attached hydrogen (secondary N) is 1. The van der Waals surface area contributed by atoms with Crippen molar-refractivity contribution in [3.05, 3.63) is 0 Å². The van der Waals surface area contributed by atoms with Gasteiger partial charge in [-0.05, 0) is 25.7 Å². The van der Waals surface area contributed by atoms with Gasteiger partial charge in [-0.1, -0.05) is 0 Å². The van der Waals surface area contributed by atoms with Gasteiger partial charge < -0.3 is 19.9 Å². The lowest BCUT2D eigenvalue weighted by Gasteiger charge is -2.41. The van der Waals surface area contributed by atoms with Crippen molar-refractivity contribution in [3.8, 4) is 0 Å². The summed E-state index contributed by atoms with van der Waals surface area (Å²) < 4.78 is 5.73. The maximum absolute atomic E-state index is 12.9. The van der Waals surface area contributed by atoms with E-state index in [1.165, 1.54) is 0 Å². The van der Waals surface area contributed by atoms with Crippen molar-refractivity contribution in [1.82, 2.24) is 20.0 Å². The zero-order chi connectivity index (χ0) is 19.4. The van der Waals surface area contributed by atoms with Gasteiger partial charge in [0.05, 0.1) is 30.6 Å². The van der Waals surface area contributed by atoms with E-state index in [9.17, 15) is 19.2 Å². The third-order valence-electron chi connectivity index (χ3n) is 6.99. The number of hydrogen-bond donors (Lipinski definition) is 1. The number of likely N-dealkylation sites (tertiary alicyclic amines) is 2. The van der Waals surface area contributed by atoms with Crippen LogP contribution in [0.3, 0.4) is 0 Å². The zero-order valence-electron chi connectivity index (χ0n) is 16.2. The monoisotopic (exact) mass is 426 g/mol. The van der Waals surface area contributed by atoms with Gasteiger partial charge >= 0.3 is 0 Å². The van der Waals surface area contributed by atoms with Crippen LogP contribution < -0.4 is 5.32 Å². The van der Waals surface area contributed by atoms with Crippen LogP contribution in [0.2, 0.25) is 0 Å². The highest BCUT2D eigenvalue weighted by Crippen LogP contribution is 2.48. The first-order valence-corrected chi connectivity index (χ1v) is 10.3. The molecule has 5 atom stereocenters. The molecule has 10 heteroatoms. The van der Waals surface area contributed by atoms with Crippen LogP contribution in [0.1, 0.15) is 25.7 Å². The van der Waals surface area contributed by atoms with Crippen LogP contribution in [0.4, 0.5) is 0 Å². The molecule has 0 aromatic rings. The third kappa shape index (κ3) is 3.33. The SMILES string of the molecule is Cl.O=C(CN1C(=O)C2C3CCC(O3)C2C1=O)N1CCCC(N2CCNCC2=O)C1. The molecular weight excluding hydrogens is 400 g/mol. The molecule has 1 N–H and O–H groups in total. The number of piperidine rings is 1. The van der Waals surface area contributed by atoms with Crippen LogP contribution in [0.25, 0.3) is 0 Å². The number of hydrogen-bond acceptors (Lipinski definition) is 6. The van der Waals surface area contributed by atoms with E-state index in [0.717, 1.165) is 37.1 Å². The van der Waals surface area contributed by atoms with Gasteiger partial charge in [0, 0.05) is 32.2 Å². The van der Waals surface area contributed by atoms with E-state index in [-0.39, 0.29) is 60.8 Å². The predicted octanol–water partition coefficient (Wildman–Crippen LogP) is -1.01. The number of fused-ring (bicyclic) bond motifs is 5. The van der Waals surface area contributed by atoms with E-state index in [1.807, 2.05) is 4.90 Å². The Morgan fingerprint density at radius 3 is 2.38 bits per heavy atom. The number of rotatable bonds is 3. The second-order valence-electron chi connectivity index (χ2n) is 8.50. The summed E-state index contributed by atoms with van der Waals surface area (Å²) in [6.07, 6.45) is 3.01. The fraction of sp³-hybridized carbons (Fsp3) is 0.789. The Kier molecular flexibility index (Phi) is 5.56. The summed E-state index contributed by atoms with van der Waals surface area (Å²) >= 11 is 0. The average Bonchev–Trinajstić information content (AvgIpc) is 3.38. The molecule has 0 aromatic heterocycles. The quantitative estimate of drug-likeness (QED) is 0.581. The standard InChI is InChI=1S/C19H26N4O5.ClH/c24-14-8-20-5-7-22(14)11-2-1-6-21(9-11)15(25)10-23-18(26)16-12-3-4-13(28-12)17(16)19(23)27;/h11-13,16-17,20H,1-10H2;1H. The van der Waals surface area contributed by atoms with Gasteiger partial charge in [0.2, 0.25) is 23.6 Å². The Morgan fingerprint density at radius 1 is 1.03 bits per heavy atom. The normalized spacial score (nSPS) is 36.5. The lowest BCUT2D eigenvalue weighted by Crippen LogP contribution is -2.58. The first kappa shape index (κ1) is 20.6. The van der Waals surface area contributed by atoms with Gasteiger partial charge in [0.15, 0.2) is 0 Å². The van der Waals surface area contributed by atoms with Crippen molar-refractivity contribution < 1.29 is 23.9 Å². The highest BCUT2D eigenvalue weighted by atomic mass is 35.5. The van der Waals surface area contributed by atoms with Crippen molar-refractivity contribution >= 4 is 36.0 Å². The lowest BCUT2D eigenvalue weighted by atomic mass is 9.81. The molecule has 0 saturated carbocycles. The number of piperazine rings is 1. The largest absolute Gasteiger partial charge is 0.373 e. The summed E-state index contributed by atoms with van der Waals surface area (Å²) in [5.41, 5.74) is 0. The number of carbonyl (C=O) groups excluding carboxylic acids is 4. The van der Waals surface area contributed by atoms with Gasteiger partial charge in [-0.3, -0.25) is 24.1 Å². The second kappa shape index (κ2) is 7.85. The minimum absolute atomic E-state index is 0. The maximum Gasteiger partial charge on any atom is 0.242 e. The number of nitrogens with zero attached hydrogens (tertiary/aromatic N) is 3. The second-order valence-corrected chi connectivity index (χ2v) is 8.50. The number of amides is 4. The summed E-state index contributed by atoms with van der Waals surface area (Å²) in [6, 6.07) is 0.0147. The summed E-state index contributed by atoms with van der Waals surface area (Å²) in [5.74, 6) is -1.43. The van der Waals surface area contributed by atoms with Crippen LogP contribution in [0, 0.1) is 11.8 Å². The number of imide groups is 1. The summed E-state index contributed by atoms with van der Waals surface area (Å²) in [7, 11) is 0. The molecule has 9 nitrogen and oxygen atoms in total.